The second-order valence-corrected chi connectivity index (χ2v) is 7.57. The van der Waals surface area contributed by atoms with E-state index in [1.165, 1.54) is 18.2 Å². The molecule has 21 heavy (non-hydrogen) atoms. The van der Waals surface area contributed by atoms with Gasteiger partial charge in [-0.1, -0.05) is 13.8 Å². The Labute approximate surface area is 125 Å². The molecule has 1 aromatic carbocycles. The average molecular weight is 314 g/mol. The lowest BCUT2D eigenvalue weighted by molar-refractivity contribution is -0.139. The molecule has 0 heterocycles. The van der Waals surface area contributed by atoms with E-state index in [9.17, 15) is 13.2 Å². The van der Waals surface area contributed by atoms with Crippen LogP contribution in [0.3, 0.4) is 0 Å². The van der Waals surface area contributed by atoms with Gasteiger partial charge in [-0.25, -0.2) is 13.2 Å². The molecule has 0 spiro atoms. The molecule has 0 aliphatic rings. The van der Waals surface area contributed by atoms with E-state index in [-0.39, 0.29) is 10.6 Å². The van der Waals surface area contributed by atoms with Gasteiger partial charge < -0.3 is 9.84 Å². The van der Waals surface area contributed by atoms with Gasteiger partial charge in [-0.2, -0.15) is 0 Å². The largest absolute Gasteiger partial charge is 0.482 e. The molecule has 0 saturated heterocycles. The molecule has 0 aliphatic carbocycles. The summed E-state index contributed by atoms with van der Waals surface area (Å²) < 4.78 is 29.5. The molecule has 6 heteroatoms. The molecule has 0 radical (unpaired) electrons. The summed E-state index contributed by atoms with van der Waals surface area (Å²) in [5, 5.41) is 8.57. The van der Waals surface area contributed by atoms with E-state index in [4.69, 9.17) is 9.84 Å². The lowest BCUT2D eigenvalue weighted by Crippen LogP contribution is -2.11. The van der Waals surface area contributed by atoms with Crippen LogP contribution in [0.2, 0.25) is 0 Å². The lowest BCUT2D eigenvalue weighted by atomic mass is 10.1. The smallest absolute Gasteiger partial charge is 0.341 e. The van der Waals surface area contributed by atoms with Gasteiger partial charge in [0.15, 0.2) is 16.4 Å². The van der Waals surface area contributed by atoms with Crippen LogP contribution in [0.4, 0.5) is 0 Å². The number of ether oxygens (including phenoxy) is 1. The van der Waals surface area contributed by atoms with Crippen LogP contribution in [-0.2, 0) is 14.6 Å². The van der Waals surface area contributed by atoms with E-state index < -0.39 is 22.4 Å². The highest BCUT2D eigenvalue weighted by atomic mass is 32.2. The fraction of sp³-hybridized carbons (Fsp3) is 0.533. The Morgan fingerprint density at radius 1 is 1.33 bits per heavy atom. The van der Waals surface area contributed by atoms with Gasteiger partial charge in [0.1, 0.15) is 5.75 Å². The molecule has 0 saturated carbocycles. The van der Waals surface area contributed by atoms with Crippen LogP contribution in [0.1, 0.15) is 32.3 Å². The molecule has 0 aromatic heterocycles. The summed E-state index contributed by atoms with van der Waals surface area (Å²) in [6, 6.07) is 4.50. The predicted octanol–water partition coefficient (Wildman–Crippen LogP) is 2.67. The van der Waals surface area contributed by atoms with Crippen molar-refractivity contribution in [1.82, 2.24) is 0 Å². The quantitative estimate of drug-likeness (QED) is 0.798. The van der Waals surface area contributed by atoms with E-state index in [0.717, 1.165) is 6.42 Å². The maximum atomic E-state index is 12.2. The van der Waals surface area contributed by atoms with Crippen molar-refractivity contribution in [3.05, 3.63) is 23.8 Å². The van der Waals surface area contributed by atoms with Crippen molar-refractivity contribution in [2.75, 3.05) is 12.4 Å². The zero-order valence-electron chi connectivity index (χ0n) is 12.6. The minimum Gasteiger partial charge on any atom is -0.482 e. The van der Waals surface area contributed by atoms with Crippen LogP contribution in [0.15, 0.2) is 23.1 Å². The Morgan fingerprint density at radius 3 is 2.52 bits per heavy atom. The number of carboxylic acid groups (broad SMARTS) is 1. The molecule has 0 amide bonds. The first-order chi connectivity index (χ1) is 9.72. The van der Waals surface area contributed by atoms with E-state index in [2.05, 4.69) is 13.8 Å². The topological polar surface area (TPSA) is 80.7 Å². The summed E-state index contributed by atoms with van der Waals surface area (Å²) in [6.07, 6.45) is 1.51. The van der Waals surface area contributed by atoms with Gasteiger partial charge in [0, 0.05) is 0 Å². The Morgan fingerprint density at radius 2 is 2.00 bits per heavy atom. The van der Waals surface area contributed by atoms with Gasteiger partial charge >= 0.3 is 5.97 Å². The second-order valence-electron chi connectivity index (χ2n) is 5.46. The van der Waals surface area contributed by atoms with Crippen LogP contribution in [0, 0.1) is 12.8 Å². The van der Waals surface area contributed by atoms with Crippen LogP contribution >= 0.6 is 0 Å². The van der Waals surface area contributed by atoms with Gasteiger partial charge in [-0.3, -0.25) is 0 Å². The molecule has 1 aromatic rings. The molecule has 5 nitrogen and oxygen atoms in total. The van der Waals surface area contributed by atoms with E-state index in [1.54, 1.807) is 6.92 Å². The molecule has 0 unspecified atom stereocenters. The summed E-state index contributed by atoms with van der Waals surface area (Å²) in [7, 11) is -3.30. The minimum atomic E-state index is -3.30. The zero-order valence-corrected chi connectivity index (χ0v) is 13.4. The number of carboxylic acids is 1. The van der Waals surface area contributed by atoms with Crippen molar-refractivity contribution in [2.24, 2.45) is 5.92 Å². The zero-order chi connectivity index (χ0) is 16.0. The number of benzene rings is 1. The lowest BCUT2D eigenvalue weighted by Gasteiger charge is -2.10. The molecular weight excluding hydrogens is 292 g/mol. The van der Waals surface area contributed by atoms with Crippen LogP contribution in [0.25, 0.3) is 0 Å². The third-order valence-electron chi connectivity index (χ3n) is 3.05. The fourth-order valence-electron chi connectivity index (χ4n) is 1.92. The average Bonchev–Trinajstić information content (AvgIpc) is 2.36. The fourth-order valence-corrected chi connectivity index (χ4v) is 3.33. The standard InChI is InChI=1S/C15H22O5S/c1-11(2)5-4-8-21(18,19)13-6-7-14(12(3)9-13)20-10-15(16)17/h6-7,9,11H,4-5,8,10H2,1-3H3,(H,16,17). The van der Waals surface area contributed by atoms with Crippen LogP contribution in [-0.4, -0.2) is 31.9 Å². The highest BCUT2D eigenvalue weighted by Gasteiger charge is 2.16. The monoisotopic (exact) mass is 314 g/mol. The minimum absolute atomic E-state index is 0.125. The SMILES string of the molecule is Cc1cc(S(=O)(=O)CCCC(C)C)ccc1OCC(=O)O. The highest BCUT2D eigenvalue weighted by Crippen LogP contribution is 2.23. The van der Waals surface area contributed by atoms with Crippen molar-refractivity contribution in [3.63, 3.8) is 0 Å². The molecule has 118 valence electrons. The second kappa shape index (κ2) is 7.45. The first-order valence-corrected chi connectivity index (χ1v) is 8.55. The number of aryl methyl sites for hydroxylation is 1. The molecule has 1 rings (SSSR count). The van der Waals surface area contributed by atoms with Gasteiger partial charge in [0.2, 0.25) is 0 Å². The number of hydrogen-bond donors (Lipinski definition) is 1. The van der Waals surface area contributed by atoms with Crippen LogP contribution in [0.5, 0.6) is 5.75 Å². The Hall–Kier alpha value is -1.56. The Kier molecular flexibility index (Phi) is 6.20. The third-order valence-corrected chi connectivity index (χ3v) is 4.85. The van der Waals surface area contributed by atoms with Gasteiger partial charge in [0.25, 0.3) is 0 Å². The maximum Gasteiger partial charge on any atom is 0.341 e. The predicted molar refractivity (Wildman–Crippen MR) is 80.4 cm³/mol. The van der Waals surface area contributed by atoms with E-state index in [1.807, 2.05) is 0 Å². The van der Waals surface area contributed by atoms with Crippen molar-refractivity contribution < 1.29 is 23.1 Å². The molecular formula is C15H22O5S. The Bertz CT molecular complexity index is 590. The molecule has 0 bridgehead atoms. The van der Waals surface area contributed by atoms with E-state index >= 15 is 0 Å². The molecule has 0 fully saturated rings. The van der Waals surface area contributed by atoms with Crippen molar-refractivity contribution in [1.29, 1.82) is 0 Å². The van der Waals surface area contributed by atoms with Gasteiger partial charge in [-0.15, -0.1) is 0 Å². The maximum absolute atomic E-state index is 12.2. The van der Waals surface area contributed by atoms with Crippen molar-refractivity contribution in [3.8, 4) is 5.75 Å². The number of carbonyl (C=O) groups is 1. The van der Waals surface area contributed by atoms with Crippen LogP contribution < -0.4 is 4.74 Å². The first kappa shape index (κ1) is 17.5. The normalized spacial score (nSPS) is 11.6. The summed E-state index contributed by atoms with van der Waals surface area (Å²) in [4.78, 5) is 10.7. The molecule has 0 aliphatic heterocycles. The Balaban J connectivity index is 2.79. The number of rotatable bonds is 8. The number of aliphatic carboxylic acids is 1. The summed E-state index contributed by atoms with van der Waals surface area (Å²) >= 11 is 0. The number of hydrogen-bond acceptors (Lipinski definition) is 4. The van der Waals surface area contributed by atoms with E-state index in [0.29, 0.717) is 23.7 Å². The van der Waals surface area contributed by atoms with Gasteiger partial charge in [0.05, 0.1) is 10.6 Å². The molecule has 1 N–H and O–H groups in total. The van der Waals surface area contributed by atoms with Crippen molar-refractivity contribution >= 4 is 15.8 Å². The summed E-state index contributed by atoms with van der Waals surface area (Å²) in [6.45, 7) is 5.38. The summed E-state index contributed by atoms with van der Waals surface area (Å²) in [5.41, 5.74) is 0.612. The summed E-state index contributed by atoms with van der Waals surface area (Å²) in [5.74, 6) is -0.0769. The van der Waals surface area contributed by atoms with Gasteiger partial charge in [-0.05, 0) is 49.4 Å². The van der Waals surface area contributed by atoms with Crippen molar-refractivity contribution in [2.45, 2.75) is 38.5 Å². The third kappa shape index (κ3) is 5.75. The molecule has 0 atom stereocenters. The highest BCUT2D eigenvalue weighted by molar-refractivity contribution is 7.91. The first-order valence-electron chi connectivity index (χ1n) is 6.90. The number of sulfone groups is 1.